The minimum atomic E-state index is 0.459. The second-order valence-electron chi connectivity index (χ2n) is 8.33. The third-order valence-corrected chi connectivity index (χ3v) is 7.31. The summed E-state index contributed by atoms with van der Waals surface area (Å²) in [6.45, 7) is 2.31. The van der Waals surface area contributed by atoms with Crippen LogP contribution in [-0.4, -0.2) is 0 Å². The Morgan fingerprint density at radius 3 is 2.13 bits per heavy atom. The van der Waals surface area contributed by atoms with Crippen molar-refractivity contribution in [1.82, 2.24) is 0 Å². The Morgan fingerprint density at radius 2 is 1.23 bits per heavy atom. The highest BCUT2D eigenvalue weighted by atomic mass is 79.9. The molecule has 0 saturated carbocycles. The van der Waals surface area contributed by atoms with Crippen LogP contribution in [0.15, 0.2) is 108 Å². The highest BCUT2D eigenvalue weighted by Gasteiger charge is 2.25. The van der Waals surface area contributed by atoms with Crippen LogP contribution in [0.5, 0.6) is 0 Å². The average Bonchev–Trinajstić information content (AvgIpc) is 3.11. The number of rotatable bonds is 2. The smallest absolute Gasteiger partial charge is 0.0254 e. The zero-order chi connectivity index (χ0) is 20.9. The third-order valence-electron chi connectivity index (χ3n) is 6.62. The molecule has 5 aromatic carbocycles. The summed E-state index contributed by atoms with van der Waals surface area (Å²) in [4.78, 5) is 0. The molecule has 1 atom stereocenters. The average molecular weight is 461 g/mol. The summed E-state index contributed by atoms with van der Waals surface area (Å²) in [5.74, 6) is 0.459. The molecule has 0 bridgehead atoms. The van der Waals surface area contributed by atoms with Gasteiger partial charge in [-0.05, 0) is 73.5 Å². The van der Waals surface area contributed by atoms with Crippen LogP contribution in [-0.2, 0) is 0 Å². The monoisotopic (exact) mass is 460 g/mol. The standard InChI is InChI=1S/C30H21Br/c1-19-23-9-2-3-10-26(23)29-18-21(13-14-24(19)29)20-7-6-8-22(17-20)25-15-16-30(31)28-12-5-4-11-27(25)28/h2-19H,1H3. The van der Waals surface area contributed by atoms with E-state index in [1.54, 1.807) is 0 Å². The Kier molecular flexibility index (Phi) is 4.33. The fourth-order valence-corrected chi connectivity index (χ4v) is 5.49. The van der Waals surface area contributed by atoms with Gasteiger partial charge >= 0.3 is 0 Å². The molecule has 31 heavy (non-hydrogen) atoms. The molecule has 148 valence electrons. The number of halogens is 1. The predicted molar refractivity (Wildman–Crippen MR) is 135 cm³/mol. The normalized spacial score (nSPS) is 14.5. The van der Waals surface area contributed by atoms with Crippen LogP contribution in [0.25, 0.3) is 44.2 Å². The van der Waals surface area contributed by atoms with E-state index in [0.717, 1.165) is 4.47 Å². The molecule has 6 rings (SSSR count). The van der Waals surface area contributed by atoms with Crippen molar-refractivity contribution in [3.63, 3.8) is 0 Å². The number of benzene rings is 5. The minimum Gasteiger partial charge on any atom is -0.0619 e. The van der Waals surface area contributed by atoms with E-state index >= 15 is 0 Å². The molecule has 0 saturated heterocycles. The Morgan fingerprint density at radius 1 is 0.516 bits per heavy atom. The first kappa shape index (κ1) is 18.6. The summed E-state index contributed by atoms with van der Waals surface area (Å²) < 4.78 is 1.13. The van der Waals surface area contributed by atoms with Crippen LogP contribution in [0.4, 0.5) is 0 Å². The van der Waals surface area contributed by atoms with Crippen LogP contribution >= 0.6 is 15.9 Å². The Bertz CT molecular complexity index is 1460. The lowest BCUT2D eigenvalue weighted by molar-refractivity contribution is 0.957. The van der Waals surface area contributed by atoms with Gasteiger partial charge in [0, 0.05) is 10.4 Å². The molecule has 0 N–H and O–H groups in total. The van der Waals surface area contributed by atoms with Crippen molar-refractivity contribution in [3.8, 4) is 33.4 Å². The molecule has 0 heterocycles. The lowest BCUT2D eigenvalue weighted by Gasteiger charge is -2.12. The van der Waals surface area contributed by atoms with Crippen LogP contribution in [0, 0.1) is 0 Å². The van der Waals surface area contributed by atoms with E-state index in [1.165, 1.54) is 55.3 Å². The molecule has 0 spiro atoms. The van der Waals surface area contributed by atoms with Crippen molar-refractivity contribution in [2.75, 3.05) is 0 Å². The first-order valence-corrected chi connectivity index (χ1v) is 11.5. The van der Waals surface area contributed by atoms with Crippen LogP contribution in [0.3, 0.4) is 0 Å². The van der Waals surface area contributed by atoms with Crippen molar-refractivity contribution in [2.24, 2.45) is 0 Å². The molecule has 1 aliphatic carbocycles. The van der Waals surface area contributed by atoms with Gasteiger partial charge in [0.05, 0.1) is 0 Å². The summed E-state index contributed by atoms with van der Waals surface area (Å²) >= 11 is 3.70. The summed E-state index contributed by atoms with van der Waals surface area (Å²) in [6.07, 6.45) is 0. The maximum absolute atomic E-state index is 3.70. The number of hydrogen-bond acceptors (Lipinski definition) is 0. The van der Waals surface area contributed by atoms with E-state index in [-0.39, 0.29) is 0 Å². The van der Waals surface area contributed by atoms with E-state index < -0.39 is 0 Å². The van der Waals surface area contributed by atoms with E-state index in [1.807, 2.05) is 0 Å². The van der Waals surface area contributed by atoms with Gasteiger partial charge in [-0.2, -0.15) is 0 Å². The van der Waals surface area contributed by atoms with Crippen molar-refractivity contribution in [3.05, 3.63) is 119 Å². The second kappa shape index (κ2) is 7.21. The molecule has 0 aromatic heterocycles. The van der Waals surface area contributed by atoms with Gasteiger partial charge in [-0.25, -0.2) is 0 Å². The lowest BCUT2D eigenvalue weighted by atomic mass is 9.93. The SMILES string of the molecule is CC1c2ccccc2-c2cc(-c3cccc(-c4ccc(Br)c5ccccc45)c3)ccc21. The van der Waals surface area contributed by atoms with E-state index in [4.69, 9.17) is 0 Å². The Labute approximate surface area is 191 Å². The fraction of sp³-hybridized carbons (Fsp3) is 0.0667. The lowest BCUT2D eigenvalue weighted by Crippen LogP contribution is -1.89. The molecule has 0 amide bonds. The first-order valence-electron chi connectivity index (χ1n) is 10.7. The van der Waals surface area contributed by atoms with Gasteiger partial charge in [0.25, 0.3) is 0 Å². The molecule has 0 nitrogen and oxygen atoms in total. The molecule has 0 radical (unpaired) electrons. The zero-order valence-electron chi connectivity index (χ0n) is 17.3. The first-order chi connectivity index (χ1) is 15.2. The Hall–Kier alpha value is -3.16. The zero-order valence-corrected chi connectivity index (χ0v) is 18.9. The topological polar surface area (TPSA) is 0 Å². The van der Waals surface area contributed by atoms with Gasteiger partial charge in [-0.1, -0.05) is 108 Å². The maximum Gasteiger partial charge on any atom is 0.0254 e. The fourth-order valence-electron chi connectivity index (χ4n) is 5.01. The van der Waals surface area contributed by atoms with E-state index in [2.05, 4.69) is 126 Å². The van der Waals surface area contributed by atoms with Gasteiger partial charge in [0.2, 0.25) is 0 Å². The maximum atomic E-state index is 3.70. The second-order valence-corrected chi connectivity index (χ2v) is 9.19. The third kappa shape index (κ3) is 2.96. The number of fused-ring (bicyclic) bond motifs is 4. The van der Waals surface area contributed by atoms with Crippen molar-refractivity contribution < 1.29 is 0 Å². The van der Waals surface area contributed by atoms with Crippen molar-refractivity contribution in [2.45, 2.75) is 12.8 Å². The van der Waals surface area contributed by atoms with Crippen LogP contribution < -0.4 is 0 Å². The highest BCUT2D eigenvalue weighted by Crippen LogP contribution is 2.46. The van der Waals surface area contributed by atoms with Gasteiger partial charge in [0.1, 0.15) is 0 Å². The minimum absolute atomic E-state index is 0.459. The van der Waals surface area contributed by atoms with Crippen LogP contribution in [0.2, 0.25) is 0 Å². The van der Waals surface area contributed by atoms with Gasteiger partial charge in [-0.3, -0.25) is 0 Å². The molecule has 1 heteroatoms. The summed E-state index contributed by atoms with van der Waals surface area (Å²) in [6, 6.07) is 37.6. The molecule has 0 aliphatic heterocycles. The largest absolute Gasteiger partial charge is 0.0619 e. The van der Waals surface area contributed by atoms with E-state index in [0.29, 0.717) is 5.92 Å². The molecule has 0 fully saturated rings. The molecular formula is C30H21Br. The predicted octanol–water partition coefficient (Wildman–Crippen LogP) is 9.07. The molecular weight excluding hydrogens is 440 g/mol. The summed E-state index contributed by atoms with van der Waals surface area (Å²) in [7, 11) is 0. The van der Waals surface area contributed by atoms with E-state index in [9.17, 15) is 0 Å². The van der Waals surface area contributed by atoms with Crippen LogP contribution in [0.1, 0.15) is 24.0 Å². The highest BCUT2D eigenvalue weighted by molar-refractivity contribution is 9.10. The molecule has 5 aromatic rings. The molecule has 1 aliphatic rings. The Balaban J connectivity index is 1.49. The number of hydrogen-bond donors (Lipinski definition) is 0. The van der Waals surface area contributed by atoms with Gasteiger partial charge < -0.3 is 0 Å². The summed E-state index contributed by atoms with van der Waals surface area (Å²) in [5.41, 5.74) is 10.7. The van der Waals surface area contributed by atoms with Gasteiger partial charge in [-0.15, -0.1) is 0 Å². The van der Waals surface area contributed by atoms with Crippen molar-refractivity contribution >= 4 is 26.7 Å². The quantitative estimate of drug-likeness (QED) is 0.246. The summed E-state index contributed by atoms with van der Waals surface area (Å²) in [5, 5.41) is 2.51. The van der Waals surface area contributed by atoms with Gasteiger partial charge in [0.15, 0.2) is 0 Å². The molecule has 1 unspecified atom stereocenters. The van der Waals surface area contributed by atoms with Crippen molar-refractivity contribution in [1.29, 1.82) is 0 Å².